The van der Waals surface area contributed by atoms with E-state index in [4.69, 9.17) is 22.8 Å². The lowest BCUT2D eigenvalue weighted by Gasteiger charge is -2.19. The molecule has 17 heavy (non-hydrogen) atoms. The fraction of sp³-hybridized carbons (Fsp3) is 0.308. The summed E-state index contributed by atoms with van der Waals surface area (Å²) < 4.78 is 5.41. The highest BCUT2D eigenvalue weighted by Crippen LogP contribution is 2.32. The lowest BCUT2D eigenvalue weighted by molar-refractivity contribution is -0.117. The number of halogens is 1. The Morgan fingerprint density at radius 2 is 2.29 bits per heavy atom. The molecule has 0 aromatic heterocycles. The van der Waals surface area contributed by atoms with Gasteiger partial charge in [0.2, 0.25) is 5.91 Å². The number of carbonyl (C=O) groups excluding carboxylic acids is 1. The fourth-order valence-electron chi connectivity index (χ4n) is 1.82. The third-order valence-corrected chi connectivity index (χ3v) is 2.84. The molecule has 4 heteroatoms. The molecule has 0 radical (unpaired) electrons. The SMILES string of the molecule is C#CCOc1ccccc1N1CC(Cl)CC1=O. The van der Waals surface area contributed by atoms with Crippen LogP contribution in [0, 0.1) is 12.3 Å². The summed E-state index contributed by atoms with van der Waals surface area (Å²) in [6.07, 6.45) is 5.52. The van der Waals surface area contributed by atoms with Crippen LogP contribution < -0.4 is 9.64 Å². The van der Waals surface area contributed by atoms with Crippen LogP contribution in [-0.4, -0.2) is 24.4 Å². The van der Waals surface area contributed by atoms with Crippen LogP contribution in [-0.2, 0) is 4.79 Å². The molecule has 1 saturated heterocycles. The van der Waals surface area contributed by atoms with Gasteiger partial charge in [-0.15, -0.1) is 18.0 Å². The van der Waals surface area contributed by atoms with Crippen molar-refractivity contribution < 1.29 is 9.53 Å². The number of nitrogens with zero attached hydrogens (tertiary/aromatic N) is 1. The van der Waals surface area contributed by atoms with Crippen molar-refractivity contribution in [2.75, 3.05) is 18.1 Å². The molecule has 1 aromatic rings. The number of amides is 1. The first-order valence-corrected chi connectivity index (χ1v) is 5.75. The first kappa shape index (κ1) is 11.8. The molecule has 1 amide bonds. The maximum absolute atomic E-state index is 11.8. The number of hydrogen-bond donors (Lipinski definition) is 0. The number of para-hydroxylation sites is 2. The second-order valence-electron chi connectivity index (χ2n) is 3.77. The Balaban J connectivity index is 2.26. The first-order valence-electron chi connectivity index (χ1n) is 5.32. The fourth-order valence-corrected chi connectivity index (χ4v) is 2.09. The third kappa shape index (κ3) is 2.54. The van der Waals surface area contributed by atoms with E-state index >= 15 is 0 Å². The standard InChI is InChI=1S/C13H12ClNO2/c1-2-7-17-12-6-4-3-5-11(12)15-9-10(14)8-13(15)16/h1,3-6,10H,7-9H2. The largest absolute Gasteiger partial charge is 0.479 e. The maximum atomic E-state index is 11.8. The van der Waals surface area contributed by atoms with Crippen LogP contribution in [0.3, 0.4) is 0 Å². The van der Waals surface area contributed by atoms with E-state index in [0.717, 1.165) is 5.69 Å². The van der Waals surface area contributed by atoms with Crippen molar-refractivity contribution in [2.45, 2.75) is 11.8 Å². The van der Waals surface area contributed by atoms with Crippen LogP contribution in [0.4, 0.5) is 5.69 Å². The molecule has 1 aliphatic heterocycles. The van der Waals surface area contributed by atoms with E-state index in [1.807, 2.05) is 18.2 Å². The molecule has 1 heterocycles. The number of hydrogen-bond acceptors (Lipinski definition) is 2. The van der Waals surface area contributed by atoms with Crippen LogP contribution in [0.2, 0.25) is 0 Å². The van der Waals surface area contributed by atoms with Gasteiger partial charge in [-0.2, -0.15) is 0 Å². The smallest absolute Gasteiger partial charge is 0.228 e. The molecule has 1 unspecified atom stereocenters. The Morgan fingerprint density at radius 3 is 2.94 bits per heavy atom. The molecule has 1 atom stereocenters. The monoisotopic (exact) mass is 249 g/mol. The number of ether oxygens (including phenoxy) is 1. The molecule has 0 bridgehead atoms. The van der Waals surface area contributed by atoms with E-state index in [0.29, 0.717) is 18.7 Å². The van der Waals surface area contributed by atoms with Crippen molar-refractivity contribution in [3.63, 3.8) is 0 Å². The summed E-state index contributed by atoms with van der Waals surface area (Å²) in [4.78, 5) is 13.4. The van der Waals surface area contributed by atoms with Gasteiger partial charge in [-0.05, 0) is 12.1 Å². The summed E-state index contributed by atoms with van der Waals surface area (Å²) in [5.41, 5.74) is 0.732. The zero-order chi connectivity index (χ0) is 12.3. The van der Waals surface area contributed by atoms with Crippen molar-refractivity contribution in [1.29, 1.82) is 0 Å². The van der Waals surface area contributed by atoms with Gasteiger partial charge in [0.1, 0.15) is 12.4 Å². The second-order valence-corrected chi connectivity index (χ2v) is 4.38. The molecular weight excluding hydrogens is 238 g/mol. The van der Waals surface area contributed by atoms with Gasteiger partial charge in [0.25, 0.3) is 0 Å². The second kappa shape index (κ2) is 5.11. The lowest BCUT2D eigenvalue weighted by Crippen LogP contribution is -2.25. The Bertz CT molecular complexity index is 467. The molecule has 1 aliphatic rings. The van der Waals surface area contributed by atoms with Gasteiger partial charge in [-0.1, -0.05) is 18.1 Å². The van der Waals surface area contributed by atoms with E-state index in [2.05, 4.69) is 5.92 Å². The minimum atomic E-state index is -0.136. The Labute approximate surface area is 105 Å². The van der Waals surface area contributed by atoms with Crippen LogP contribution in [0.5, 0.6) is 5.75 Å². The highest BCUT2D eigenvalue weighted by molar-refractivity contribution is 6.24. The predicted octanol–water partition coefficient (Wildman–Crippen LogP) is 2.04. The van der Waals surface area contributed by atoms with E-state index in [9.17, 15) is 4.79 Å². The summed E-state index contributed by atoms with van der Waals surface area (Å²) in [5.74, 6) is 3.03. The summed E-state index contributed by atoms with van der Waals surface area (Å²) in [5, 5.41) is -0.136. The Kier molecular flexibility index (Phi) is 3.55. The number of carbonyl (C=O) groups is 1. The summed E-state index contributed by atoms with van der Waals surface area (Å²) >= 11 is 5.97. The van der Waals surface area contributed by atoms with Crippen LogP contribution in [0.15, 0.2) is 24.3 Å². The van der Waals surface area contributed by atoms with Gasteiger partial charge in [-0.3, -0.25) is 4.79 Å². The molecule has 1 aromatic carbocycles. The van der Waals surface area contributed by atoms with Gasteiger partial charge < -0.3 is 9.64 Å². The van der Waals surface area contributed by atoms with Crippen molar-refractivity contribution >= 4 is 23.2 Å². The molecule has 0 N–H and O–H groups in total. The zero-order valence-corrected chi connectivity index (χ0v) is 9.98. The average molecular weight is 250 g/mol. The molecule has 2 rings (SSSR count). The zero-order valence-electron chi connectivity index (χ0n) is 9.23. The van der Waals surface area contributed by atoms with Gasteiger partial charge in [0.05, 0.1) is 11.1 Å². The van der Waals surface area contributed by atoms with Crippen LogP contribution in [0.1, 0.15) is 6.42 Å². The molecule has 1 fully saturated rings. The molecule has 0 aliphatic carbocycles. The van der Waals surface area contributed by atoms with E-state index < -0.39 is 0 Å². The number of alkyl halides is 1. The lowest BCUT2D eigenvalue weighted by atomic mass is 10.2. The minimum absolute atomic E-state index is 0.0155. The quantitative estimate of drug-likeness (QED) is 0.606. The number of rotatable bonds is 3. The van der Waals surface area contributed by atoms with Gasteiger partial charge in [0.15, 0.2) is 0 Å². The van der Waals surface area contributed by atoms with Crippen LogP contribution >= 0.6 is 11.6 Å². The first-order chi connectivity index (χ1) is 8.22. The highest BCUT2D eigenvalue weighted by Gasteiger charge is 2.30. The normalized spacial score (nSPS) is 19.2. The molecular formula is C13H12ClNO2. The molecule has 3 nitrogen and oxygen atoms in total. The van der Waals surface area contributed by atoms with E-state index in [1.54, 1.807) is 11.0 Å². The number of anilines is 1. The average Bonchev–Trinajstić information content (AvgIpc) is 2.66. The molecule has 0 saturated carbocycles. The van der Waals surface area contributed by atoms with Crippen molar-refractivity contribution in [3.05, 3.63) is 24.3 Å². The summed E-state index contributed by atoms with van der Waals surface area (Å²) in [6, 6.07) is 7.32. The van der Waals surface area contributed by atoms with Crippen molar-refractivity contribution in [2.24, 2.45) is 0 Å². The Morgan fingerprint density at radius 1 is 1.53 bits per heavy atom. The number of terminal acetylenes is 1. The summed E-state index contributed by atoms with van der Waals surface area (Å²) in [7, 11) is 0. The van der Waals surface area contributed by atoms with E-state index in [-0.39, 0.29) is 17.9 Å². The van der Waals surface area contributed by atoms with Gasteiger partial charge in [0, 0.05) is 13.0 Å². The molecule has 88 valence electrons. The molecule has 0 spiro atoms. The van der Waals surface area contributed by atoms with Crippen LogP contribution in [0.25, 0.3) is 0 Å². The van der Waals surface area contributed by atoms with E-state index in [1.165, 1.54) is 0 Å². The van der Waals surface area contributed by atoms with Gasteiger partial charge in [-0.25, -0.2) is 0 Å². The predicted molar refractivity (Wildman–Crippen MR) is 67.4 cm³/mol. The number of benzene rings is 1. The minimum Gasteiger partial charge on any atom is -0.479 e. The maximum Gasteiger partial charge on any atom is 0.228 e. The topological polar surface area (TPSA) is 29.5 Å². The Hall–Kier alpha value is -1.66. The third-order valence-electron chi connectivity index (χ3n) is 2.54. The van der Waals surface area contributed by atoms with Gasteiger partial charge >= 0.3 is 0 Å². The summed E-state index contributed by atoms with van der Waals surface area (Å²) in [6.45, 7) is 0.695. The highest BCUT2D eigenvalue weighted by atomic mass is 35.5. The van der Waals surface area contributed by atoms with Crippen molar-refractivity contribution in [3.8, 4) is 18.1 Å². The van der Waals surface area contributed by atoms with Crippen molar-refractivity contribution in [1.82, 2.24) is 0 Å².